The van der Waals surface area contributed by atoms with Gasteiger partial charge in [-0.2, -0.15) is 8.75 Å². The van der Waals surface area contributed by atoms with Crippen LogP contribution < -0.4 is 0 Å². The van der Waals surface area contributed by atoms with Gasteiger partial charge in [0.1, 0.15) is 16.2 Å². The van der Waals surface area contributed by atoms with Gasteiger partial charge in [-0.15, -0.1) is 0 Å². The van der Waals surface area contributed by atoms with Crippen molar-refractivity contribution in [3.8, 4) is 0 Å². The van der Waals surface area contributed by atoms with Crippen molar-refractivity contribution < 1.29 is 22.7 Å². The van der Waals surface area contributed by atoms with Crippen molar-refractivity contribution in [1.29, 1.82) is 0 Å². The zero-order valence-corrected chi connectivity index (χ0v) is 18.9. The Labute approximate surface area is 186 Å². The molecule has 0 spiro atoms. The summed E-state index contributed by atoms with van der Waals surface area (Å²) < 4.78 is 47.0. The molecule has 3 heterocycles. The highest BCUT2D eigenvalue weighted by molar-refractivity contribution is 7.90. The predicted octanol–water partition coefficient (Wildman–Crippen LogP) is 3.40. The van der Waals surface area contributed by atoms with E-state index in [1.165, 1.54) is 25.1 Å². The lowest BCUT2D eigenvalue weighted by Crippen LogP contribution is -2.24. The molecule has 0 radical (unpaired) electrons. The Bertz CT molecular complexity index is 1380. The van der Waals surface area contributed by atoms with Crippen molar-refractivity contribution in [1.82, 2.24) is 17.7 Å². The number of carbonyl (C=O) groups excluding carboxylic acids is 1. The Hall–Kier alpha value is -2.60. The van der Waals surface area contributed by atoms with E-state index < -0.39 is 22.1 Å². The van der Waals surface area contributed by atoms with E-state index in [4.69, 9.17) is 21.1 Å². The fourth-order valence-corrected chi connectivity index (χ4v) is 5.25. The summed E-state index contributed by atoms with van der Waals surface area (Å²) in [5.74, 6) is -0.532. The molecule has 0 aliphatic heterocycles. The molecule has 0 fully saturated rings. The Morgan fingerprint density at radius 2 is 1.94 bits per heavy atom. The molecule has 0 N–H and O–H groups in total. The third-order valence-corrected chi connectivity index (χ3v) is 7.04. The van der Waals surface area contributed by atoms with E-state index in [-0.39, 0.29) is 29.0 Å². The molecule has 162 valence electrons. The van der Waals surface area contributed by atoms with Crippen LogP contribution in [0.2, 0.25) is 5.15 Å². The molecule has 0 saturated carbocycles. The number of rotatable bonds is 7. The van der Waals surface area contributed by atoms with E-state index in [0.717, 1.165) is 15.7 Å². The van der Waals surface area contributed by atoms with E-state index in [9.17, 15) is 13.2 Å². The highest BCUT2D eigenvalue weighted by Gasteiger charge is 2.26. The first kappa shape index (κ1) is 21.6. The summed E-state index contributed by atoms with van der Waals surface area (Å²) in [5, 5.41) is 0.226. The van der Waals surface area contributed by atoms with Gasteiger partial charge < -0.3 is 9.47 Å². The number of hydrogen-bond acceptors (Lipinski definition) is 9. The number of carbonyl (C=O) groups is 1. The second kappa shape index (κ2) is 8.50. The number of fused-ring (bicyclic) bond motifs is 2. The van der Waals surface area contributed by atoms with E-state index in [1.54, 1.807) is 25.1 Å². The molecule has 0 saturated heterocycles. The highest BCUT2D eigenvalue weighted by Crippen LogP contribution is 2.28. The van der Waals surface area contributed by atoms with Crippen molar-refractivity contribution in [2.24, 2.45) is 0 Å². The van der Waals surface area contributed by atoms with Gasteiger partial charge in [0.15, 0.2) is 6.10 Å². The molecule has 1 unspecified atom stereocenters. The molecule has 3 aromatic heterocycles. The van der Waals surface area contributed by atoms with E-state index in [2.05, 4.69) is 13.7 Å². The maximum Gasteiger partial charge on any atom is 0.334 e. The Morgan fingerprint density at radius 3 is 2.71 bits per heavy atom. The summed E-state index contributed by atoms with van der Waals surface area (Å²) in [6.45, 7) is 3.29. The summed E-state index contributed by atoms with van der Waals surface area (Å²) in [5.41, 5.74) is 2.11. The van der Waals surface area contributed by atoms with Crippen molar-refractivity contribution >= 4 is 61.4 Å². The molecular weight excluding hydrogens is 464 g/mol. The molecule has 0 aliphatic rings. The fraction of sp³-hybridized carbons (Fsp3) is 0.263. The number of halogens is 1. The second-order valence-corrected chi connectivity index (χ2v) is 9.27. The molecule has 1 aromatic carbocycles. The van der Waals surface area contributed by atoms with Crippen LogP contribution in [-0.2, 0) is 30.9 Å². The van der Waals surface area contributed by atoms with Crippen LogP contribution in [0.4, 0.5) is 0 Å². The van der Waals surface area contributed by atoms with Crippen LogP contribution >= 0.6 is 23.3 Å². The van der Waals surface area contributed by atoms with Gasteiger partial charge >= 0.3 is 5.97 Å². The average molecular weight is 481 g/mol. The van der Waals surface area contributed by atoms with Crippen LogP contribution in [0.3, 0.4) is 0 Å². The summed E-state index contributed by atoms with van der Waals surface area (Å²) in [6, 6.07) is 9.19. The highest BCUT2D eigenvalue weighted by atomic mass is 35.5. The van der Waals surface area contributed by atoms with Gasteiger partial charge in [0.25, 0.3) is 10.0 Å². The Balaban J connectivity index is 1.79. The van der Waals surface area contributed by atoms with Gasteiger partial charge in [-0.05, 0) is 50.2 Å². The lowest BCUT2D eigenvalue weighted by Gasteiger charge is -2.15. The minimum absolute atomic E-state index is 0.0415. The summed E-state index contributed by atoms with van der Waals surface area (Å²) in [4.78, 5) is 16.1. The predicted molar refractivity (Wildman–Crippen MR) is 116 cm³/mol. The van der Waals surface area contributed by atoms with Crippen molar-refractivity contribution in [3.63, 3.8) is 0 Å². The minimum atomic E-state index is -4.04. The van der Waals surface area contributed by atoms with E-state index in [1.807, 2.05) is 0 Å². The van der Waals surface area contributed by atoms with Gasteiger partial charge in [-0.25, -0.2) is 22.2 Å². The number of pyridine rings is 1. The van der Waals surface area contributed by atoms with Gasteiger partial charge in [0, 0.05) is 0 Å². The third kappa shape index (κ3) is 4.13. The van der Waals surface area contributed by atoms with Crippen LogP contribution in [0.15, 0.2) is 41.3 Å². The van der Waals surface area contributed by atoms with Crippen molar-refractivity contribution in [2.45, 2.75) is 31.5 Å². The molecule has 0 amide bonds. The Kier molecular flexibility index (Phi) is 5.93. The normalized spacial score (nSPS) is 13.0. The van der Waals surface area contributed by atoms with Crippen LogP contribution in [0.25, 0.3) is 22.1 Å². The van der Waals surface area contributed by atoms with Crippen molar-refractivity contribution in [2.75, 3.05) is 6.61 Å². The molecule has 4 aromatic rings. The van der Waals surface area contributed by atoms with Crippen LogP contribution in [0.1, 0.15) is 19.5 Å². The molecule has 12 heteroatoms. The summed E-state index contributed by atoms with van der Waals surface area (Å²) in [6.07, 6.45) is -0.872. The SMILES string of the molecule is CCOC(=O)C(C)OCc1cc2nc(Cl)ccc2n1S(=O)(=O)c1ccc2nsnc2c1. The first-order valence-corrected chi connectivity index (χ1v) is 11.8. The van der Waals surface area contributed by atoms with Crippen LogP contribution in [0.5, 0.6) is 0 Å². The number of hydrogen-bond donors (Lipinski definition) is 0. The number of nitrogens with zero attached hydrogens (tertiary/aromatic N) is 4. The number of ether oxygens (including phenoxy) is 2. The van der Waals surface area contributed by atoms with Gasteiger partial charge in [-0.3, -0.25) is 0 Å². The minimum Gasteiger partial charge on any atom is -0.464 e. The molecule has 31 heavy (non-hydrogen) atoms. The monoisotopic (exact) mass is 480 g/mol. The molecule has 4 rings (SSSR count). The number of benzene rings is 1. The fourth-order valence-electron chi connectivity index (χ4n) is 3.04. The lowest BCUT2D eigenvalue weighted by molar-refractivity contribution is -0.156. The second-order valence-electron chi connectivity index (χ2n) is 6.56. The maximum atomic E-state index is 13.6. The smallest absolute Gasteiger partial charge is 0.334 e. The lowest BCUT2D eigenvalue weighted by atomic mass is 10.3. The van der Waals surface area contributed by atoms with Crippen molar-refractivity contribution in [3.05, 3.63) is 47.2 Å². The molecule has 9 nitrogen and oxygen atoms in total. The summed E-state index contributed by atoms with van der Waals surface area (Å²) in [7, 11) is -4.04. The average Bonchev–Trinajstić information content (AvgIpc) is 3.35. The topological polar surface area (TPSA) is 113 Å². The zero-order chi connectivity index (χ0) is 22.2. The van der Waals surface area contributed by atoms with E-state index in [0.29, 0.717) is 22.1 Å². The maximum absolute atomic E-state index is 13.6. The molecule has 1 atom stereocenters. The first-order chi connectivity index (χ1) is 14.8. The zero-order valence-electron chi connectivity index (χ0n) is 16.5. The van der Waals surface area contributed by atoms with Gasteiger partial charge in [0.2, 0.25) is 0 Å². The van der Waals surface area contributed by atoms with Crippen LogP contribution in [-0.4, -0.2) is 44.8 Å². The van der Waals surface area contributed by atoms with E-state index >= 15 is 0 Å². The van der Waals surface area contributed by atoms with Gasteiger partial charge in [-0.1, -0.05) is 11.6 Å². The number of esters is 1. The number of aromatic nitrogens is 4. The largest absolute Gasteiger partial charge is 0.464 e. The van der Waals surface area contributed by atoms with Crippen LogP contribution in [0, 0.1) is 0 Å². The quantitative estimate of drug-likeness (QED) is 0.292. The molecule has 0 bridgehead atoms. The third-order valence-electron chi connectivity index (χ3n) is 4.51. The molecule has 0 aliphatic carbocycles. The molecular formula is C19H17ClN4O5S2. The van der Waals surface area contributed by atoms with Gasteiger partial charge in [0.05, 0.1) is 46.6 Å². The first-order valence-electron chi connectivity index (χ1n) is 9.24. The Morgan fingerprint density at radius 1 is 1.16 bits per heavy atom. The summed E-state index contributed by atoms with van der Waals surface area (Å²) >= 11 is 7.00. The standard InChI is InChI=1S/C19H17ClN4O5S2/c1-3-28-19(25)11(2)29-10-12-8-16-17(6-7-18(20)21-16)24(12)31(26,27)13-4-5-14-15(9-13)23-30-22-14/h4-9,11H,3,10H2,1-2H3.